The summed E-state index contributed by atoms with van der Waals surface area (Å²) in [6.07, 6.45) is 0.835. The van der Waals surface area contributed by atoms with Crippen molar-refractivity contribution in [1.29, 1.82) is 0 Å². The van der Waals surface area contributed by atoms with Crippen molar-refractivity contribution in [2.75, 3.05) is 11.4 Å². The number of hydrogen-bond acceptors (Lipinski definition) is 3. The summed E-state index contributed by atoms with van der Waals surface area (Å²) in [6.45, 7) is 0.561. The first-order valence-electron chi connectivity index (χ1n) is 9.65. The zero-order chi connectivity index (χ0) is 19.8. The van der Waals surface area contributed by atoms with Gasteiger partial charge in [0.2, 0.25) is 5.91 Å². The molecule has 4 aromatic rings. The standard InChI is InChI=1S/C24H19N3O2/c28-23-12-11-21(20-10-9-17-5-1-2-7-19(17)15-20)25-27(23)16-24(29)26-14-13-18-6-3-4-8-22(18)26/h1-12,15H,13-14,16H2. The number of benzene rings is 3. The van der Waals surface area contributed by atoms with E-state index in [9.17, 15) is 9.59 Å². The fraction of sp³-hybridized carbons (Fsp3) is 0.125. The van der Waals surface area contributed by atoms with Crippen LogP contribution in [0.15, 0.2) is 83.7 Å². The number of carbonyl (C=O) groups is 1. The monoisotopic (exact) mass is 381 g/mol. The van der Waals surface area contributed by atoms with Crippen LogP contribution in [0.2, 0.25) is 0 Å². The molecule has 1 aliphatic heterocycles. The molecule has 5 heteroatoms. The highest BCUT2D eigenvalue weighted by atomic mass is 16.2. The molecule has 5 rings (SSSR count). The van der Waals surface area contributed by atoms with Crippen molar-refractivity contribution in [3.8, 4) is 11.3 Å². The van der Waals surface area contributed by atoms with Gasteiger partial charge < -0.3 is 4.90 Å². The maximum absolute atomic E-state index is 12.9. The van der Waals surface area contributed by atoms with E-state index in [1.165, 1.54) is 10.7 Å². The average Bonchev–Trinajstić information content (AvgIpc) is 3.19. The lowest BCUT2D eigenvalue weighted by Gasteiger charge is -2.17. The first-order valence-corrected chi connectivity index (χ1v) is 9.65. The molecule has 2 heterocycles. The number of anilines is 1. The van der Waals surface area contributed by atoms with E-state index < -0.39 is 0 Å². The van der Waals surface area contributed by atoms with Crippen LogP contribution < -0.4 is 10.5 Å². The highest BCUT2D eigenvalue weighted by Crippen LogP contribution is 2.27. The number of aromatic nitrogens is 2. The lowest BCUT2D eigenvalue weighted by molar-refractivity contribution is -0.119. The van der Waals surface area contributed by atoms with Gasteiger partial charge in [0.25, 0.3) is 5.56 Å². The number of fused-ring (bicyclic) bond motifs is 2. The second kappa shape index (κ2) is 7.02. The Morgan fingerprint density at radius 2 is 1.69 bits per heavy atom. The Balaban J connectivity index is 1.45. The fourth-order valence-electron chi connectivity index (χ4n) is 3.88. The summed E-state index contributed by atoms with van der Waals surface area (Å²) in [5.41, 5.74) is 3.39. The lowest BCUT2D eigenvalue weighted by atomic mass is 10.1. The maximum Gasteiger partial charge on any atom is 0.267 e. The molecule has 1 aromatic heterocycles. The van der Waals surface area contributed by atoms with Gasteiger partial charge in [0, 0.05) is 23.9 Å². The van der Waals surface area contributed by atoms with Crippen LogP contribution in [0.3, 0.4) is 0 Å². The van der Waals surface area contributed by atoms with E-state index in [2.05, 4.69) is 11.2 Å². The van der Waals surface area contributed by atoms with E-state index in [4.69, 9.17) is 0 Å². The molecular formula is C24H19N3O2. The predicted molar refractivity (Wildman–Crippen MR) is 114 cm³/mol. The Morgan fingerprint density at radius 3 is 2.59 bits per heavy atom. The van der Waals surface area contributed by atoms with Crippen molar-refractivity contribution >= 4 is 22.4 Å². The zero-order valence-electron chi connectivity index (χ0n) is 15.8. The fourth-order valence-corrected chi connectivity index (χ4v) is 3.88. The van der Waals surface area contributed by atoms with Crippen molar-refractivity contribution < 1.29 is 4.79 Å². The Labute approximate surface area is 167 Å². The smallest absolute Gasteiger partial charge is 0.267 e. The van der Waals surface area contributed by atoms with E-state index in [0.29, 0.717) is 12.2 Å². The van der Waals surface area contributed by atoms with Crippen LogP contribution in [0.4, 0.5) is 5.69 Å². The molecule has 0 atom stereocenters. The molecule has 0 radical (unpaired) electrons. The summed E-state index contributed by atoms with van der Waals surface area (Å²) in [7, 11) is 0. The van der Waals surface area contributed by atoms with Crippen molar-refractivity contribution in [2.45, 2.75) is 13.0 Å². The number of amides is 1. The SMILES string of the molecule is O=C(Cn1nc(-c2ccc3ccccc3c2)ccc1=O)N1CCc2ccccc21. The minimum absolute atomic E-state index is 0.0748. The summed E-state index contributed by atoms with van der Waals surface area (Å²) in [5.74, 6) is -0.125. The summed E-state index contributed by atoms with van der Waals surface area (Å²) >= 11 is 0. The van der Waals surface area contributed by atoms with E-state index in [1.807, 2.05) is 60.7 Å². The second-order valence-electron chi connectivity index (χ2n) is 7.20. The van der Waals surface area contributed by atoms with Crippen molar-refractivity contribution in [3.63, 3.8) is 0 Å². The maximum atomic E-state index is 12.9. The third-order valence-electron chi connectivity index (χ3n) is 5.39. The summed E-state index contributed by atoms with van der Waals surface area (Å²) in [6, 6.07) is 25.2. The first kappa shape index (κ1) is 17.4. The minimum atomic E-state index is -0.282. The summed E-state index contributed by atoms with van der Waals surface area (Å²) < 4.78 is 1.26. The van der Waals surface area contributed by atoms with E-state index in [0.717, 1.165) is 34.0 Å². The molecule has 5 nitrogen and oxygen atoms in total. The van der Waals surface area contributed by atoms with E-state index in [1.54, 1.807) is 11.0 Å². The normalized spacial score (nSPS) is 12.9. The summed E-state index contributed by atoms with van der Waals surface area (Å²) in [4.78, 5) is 27.0. The van der Waals surface area contributed by atoms with Crippen LogP contribution in [0, 0.1) is 0 Å². The number of carbonyl (C=O) groups excluding carboxylic acids is 1. The van der Waals surface area contributed by atoms with Crippen LogP contribution in [0.5, 0.6) is 0 Å². The number of hydrogen-bond donors (Lipinski definition) is 0. The molecule has 0 bridgehead atoms. The lowest BCUT2D eigenvalue weighted by Crippen LogP contribution is -2.36. The first-order chi connectivity index (χ1) is 14.2. The van der Waals surface area contributed by atoms with Gasteiger partial charge in [0.05, 0.1) is 5.69 Å². The average molecular weight is 381 g/mol. The summed E-state index contributed by atoms with van der Waals surface area (Å²) in [5, 5.41) is 6.72. The van der Waals surface area contributed by atoms with Crippen LogP contribution in [-0.4, -0.2) is 22.2 Å². The minimum Gasteiger partial charge on any atom is -0.310 e. The molecule has 3 aromatic carbocycles. The molecule has 0 spiro atoms. The molecule has 142 valence electrons. The van der Waals surface area contributed by atoms with Gasteiger partial charge in [-0.3, -0.25) is 9.59 Å². The van der Waals surface area contributed by atoms with Crippen LogP contribution in [-0.2, 0) is 17.8 Å². The van der Waals surface area contributed by atoms with E-state index in [-0.39, 0.29) is 18.0 Å². The van der Waals surface area contributed by atoms with Gasteiger partial charge >= 0.3 is 0 Å². The molecule has 0 saturated carbocycles. The molecule has 29 heavy (non-hydrogen) atoms. The molecule has 0 unspecified atom stereocenters. The number of rotatable bonds is 3. The Bertz CT molecular complexity index is 1290. The topological polar surface area (TPSA) is 55.2 Å². The van der Waals surface area contributed by atoms with Crippen molar-refractivity contribution in [3.05, 3.63) is 94.8 Å². The molecule has 0 fully saturated rings. The predicted octanol–water partition coefficient (Wildman–Crippen LogP) is 3.65. The van der Waals surface area contributed by atoms with Gasteiger partial charge in [-0.25, -0.2) is 4.68 Å². The van der Waals surface area contributed by atoms with Gasteiger partial charge in [-0.15, -0.1) is 0 Å². The van der Waals surface area contributed by atoms with Crippen LogP contribution in [0.1, 0.15) is 5.56 Å². The van der Waals surface area contributed by atoms with Gasteiger partial charge in [0.15, 0.2) is 0 Å². The quantitative estimate of drug-likeness (QED) is 0.544. The van der Waals surface area contributed by atoms with Crippen LogP contribution >= 0.6 is 0 Å². The Hall–Kier alpha value is -3.73. The largest absolute Gasteiger partial charge is 0.310 e. The van der Waals surface area contributed by atoms with Gasteiger partial charge in [-0.05, 0) is 41.0 Å². The molecule has 0 aliphatic carbocycles. The third-order valence-corrected chi connectivity index (χ3v) is 5.39. The highest BCUT2D eigenvalue weighted by Gasteiger charge is 2.24. The number of para-hydroxylation sites is 1. The van der Waals surface area contributed by atoms with E-state index >= 15 is 0 Å². The van der Waals surface area contributed by atoms with Crippen molar-refractivity contribution in [2.24, 2.45) is 0 Å². The second-order valence-corrected chi connectivity index (χ2v) is 7.20. The number of nitrogens with zero attached hydrogens (tertiary/aromatic N) is 3. The molecule has 0 saturated heterocycles. The highest BCUT2D eigenvalue weighted by molar-refractivity contribution is 5.95. The molecule has 1 amide bonds. The van der Waals surface area contributed by atoms with Crippen LogP contribution in [0.25, 0.3) is 22.0 Å². The van der Waals surface area contributed by atoms with Crippen molar-refractivity contribution in [1.82, 2.24) is 9.78 Å². The molecular weight excluding hydrogens is 362 g/mol. The molecule has 1 aliphatic rings. The van der Waals surface area contributed by atoms with Gasteiger partial charge in [-0.1, -0.05) is 54.6 Å². The molecule has 0 N–H and O–H groups in total. The third kappa shape index (κ3) is 3.21. The van der Waals surface area contributed by atoms with Gasteiger partial charge in [-0.2, -0.15) is 5.10 Å². The van der Waals surface area contributed by atoms with Gasteiger partial charge in [0.1, 0.15) is 6.54 Å². The Morgan fingerprint density at radius 1 is 0.897 bits per heavy atom. The zero-order valence-corrected chi connectivity index (χ0v) is 15.8. The Kier molecular flexibility index (Phi) is 4.21.